The Morgan fingerprint density at radius 2 is 1.78 bits per heavy atom. The third kappa shape index (κ3) is 4.86. The molecule has 2 amide bonds. The van der Waals surface area contributed by atoms with Crippen molar-refractivity contribution in [1.29, 1.82) is 0 Å². The van der Waals surface area contributed by atoms with Crippen molar-refractivity contribution >= 4 is 29.7 Å². The topological polar surface area (TPSA) is 74.0 Å². The molecule has 0 aliphatic carbocycles. The molecular weight excluding hydrogens is 365 g/mol. The van der Waals surface area contributed by atoms with E-state index < -0.39 is 5.82 Å². The normalized spacial score (nSPS) is 10.3. The molecule has 0 saturated carbocycles. The average molecular weight is 381 g/mol. The van der Waals surface area contributed by atoms with E-state index in [-0.39, 0.29) is 18.4 Å². The van der Waals surface area contributed by atoms with E-state index in [9.17, 15) is 14.0 Å². The molecule has 1 heterocycles. The van der Waals surface area contributed by atoms with Crippen molar-refractivity contribution in [3.8, 4) is 0 Å². The van der Waals surface area contributed by atoms with Crippen LogP contribution in [-0.2, 0) is 6.54 Å². The van der Waals surface area contributed by atoms with Gasteiger partial charge in [0.05, 0.1) is 5.56 Å². The van der Waals surface area contributed by atoms with Crippen molar-refractivity contribution in [3.63, 3.8) is 0 Å². The van der Waals surface area contributed by atoms with Gasteiger partial charge < -0.3 is 15.6 Å². The number of hydrogen-bond acceptors (Lipinski definition) is 3. The lowest BCUT2D eigenvalue weighted by Gasteiger charge is -2.09. The minimum atomic E-state index is -0.400. The summed E-state index contributed by atoms with van der Waals surface area (Å²) < 4.78 is 13.3. The van der Waals surface area contributed by atoms with Crippen LogP contribution in [0, 0.1) is 10.5 Å². The molecule has 1 aromatic heterocycles. The highest BCUT2D eigenvalue weighted by molar-refractivity contribution is 7.71. The maximum absolute atomic E-state index is 13.0. The molecular formula is C20H16FN3O2S. The summed E-state index contributed by atoms with van der Waals surface area (Å²) in [6.45, 7) is 0.281. The molecule has 0 bridgehead atoms. The van der Waals surface area contributed by atoms with Crippen LogP contribution in [-0.4, -0.2) is 16.8 Å². The number of carbonyl (C=O) groups excluding carboxylic acids is 2. The number of amides is 2. The Morgan fingerprint density at radius 1 is 1.00 bits per heavy atom. The van der Waals surface area contributed by atoms with Crippen molar-refractivity contribution in [2.45, 2.75) is 6.54 Å². The second-order valence-corrected chi connectivity index (χ2v) is 6.17. The zero-order valence-electron chi connectivity index (χ0n) is 14.2. The molecule has 3 aromatic rings. The fourth-order valence-corrected chi connectivity index (χ4v) is 2.67. The SMILES string of the molecule is O=C(Nc1cccc(CNC(=O)c2ccc[nH]c2=S)c1)c1ccc(F)cc1. The highest BCUT2D eigenvalue weighted by Crippen LogP contribution is 2.13. The number of benzene rings is 2. The summed E-state index contributed by atoms with van der Waals surface area (Å²) in [4.78, 5) is 27.2. The maximum atomic E-state index is 13.0. The molecule has 136 valence electrons. The second-order valence-electron chi connectivity index (χ2n) is 5.76. The lowest BCUT2D eigenvalue weighted by Crippen LogP contribution is -2.23. The summed E-state index contributed by atoms with van der Waals surface area (Å²) in [5, 5.41) is 5.55. The quantitative estimate of drug-likeness (QED) is 0.584. The Balaban J connectivity index is 1.64. The van der Waals surface area contributed by atoms with Crippen molar-refractivity contribution in [2.24, 2.45) is 0 Å². The number of aromatic amines is 1. The van der Waals surface area contributed by atoms with E-state index in [4.69, 9.17) is 12.2 Å². The van der Waals surface area contributed by atoms with Crippen LogP contribution in [0.5, 0.6) is 0 Å². The van der Waals surface area contributed by atoms with Crippen molar-refractivity contribution in [3.05, 3.63) is 94.0 Å². The molecule has 0 spiro atoms. The van der Waals surface area contributed by atoms with E-state index in [0.29, 0.717) is 21.5 Å². The number of nitrogens with one attached hydrogen (secondary N) is 3. The van der Waals surface area contributed by atoms with Crippen LogP contribution in [0.1, 0.15) is 26.3 Å². The van der Waals surface area contributed by atoms with Crippen LogP contribution in [0.4, 0.5) is 10.1 Å². The van der Waals surface area contributed by atoms with Gasteiger partial charge in [-0.2, -0.15) is 0 Å². The number of carbonyl (C=O) groups is 2. The fourth-order valence-electron chi connectivity index (χ4n) is 2.44. The first-order valence-corrected chi connectivity index (χ1v) is 8.55. The first-order chi connectivity index (χ1) is 13.0. The summed E-state index contributed by atoms with van der Waals surface area (Å²) in [5.41, 5.74) is 2.14. The van der Waals surface area contributed by atoms with Gasteiger partial charge in [0, 0.05) is 24.0 Å². The summed E-state index contributed by atoms with van der Waals surface area (Å²) >= 11 is 5.09. The number of halogens is 1. The predicted octanol–water partition coefficient (Wildman–Crippen LogP) is 4.07. The number of aromatic nitrogens is 1. The molecule has 0 saturated heterocycles. The third-order valence-electron chi connectivity index (χ3n) is 3.81. The average Bonchev–Trinajstić information content (AvgIpc) is 2.67. The van der Waals surface area contributed by atoms with Gasteiger partial charge in [-0.15, -0.1) is 0 Å². The van der Waals surface area contributed by atoms with Crippen molar-refractivity contribution < 1.29 is 14.0 Å². The lowest BCUT2D eigenvalue weighted by molar-refractivity contribution is 0.0949. The first-order valence-electron chi connectivity index (χ1n) is 8.15. The Labute approximate surface area is 160 Å². The van der Waals surface area contributed by atoms with Gasteiger partial charge in [-0.3, -0.25) is 9.59 Å². The van der Waals surface area contributed by atoms with Crippen LogP contribution >= 0.6 is 12.2 Å². The molecule has 27 heavy (non-hydrogen) atoms. The molecule has 0 radical (unpaired) electrons. The maximum Gasteiger partial charge on any atom is 0.255 e. The predicted molar refractivity (Wildman–Crippen MR) is 104 cm³/mol. The van der Waals surface area contributed by atoms with Crippen LogP contribution < -0.4 is 10.6 Å². The molecule has 0 atom stereocenters. The van der Waals surface area contributed by atoms with E-state index in [1.165, 1.54) is 24.3 Å². The van der Waals surface area contributed by atoms with Gasteiger partial charge in [0.2, 0.25) is 0 Å². The molecule has 5 nitrogen and oxygen atoms in total. The smallest absolute Gasteiger partial charge is 0.255 e. The standard InChI is InChI=1S/C20H16FN3O2S/c21-15-8-6-14(7-9-15)18(25)24-16-4-1-3-13(11-16)12-23-19(26)17-5-2-10-22-20(17)27/h1-11H,12H2,(H,22,27)(H,23,26)(H,24,25). The zero-order valence-corrected chi connectivity index (χ0v) is 15.0. The van der Waals surface area contributed by atoms with E-state index in [2.05, 4.69) is 15.6 Å². The number of hydrogen-bond donors (Lipinski definition) is 3. The van der Waals surface area contributed by atoms with E-state index >= 15 is 0 Å². The first kappa shape index (κ1) is 18.5. The minimum absolute atomic E-state index is 0.280. The molecule has 3 rings (SSSR count). The van der Waals surface area contributed by atoms with Gasteiger partial charge >= 0.3 is 0 Å². The highest BCUT2D eigenvalue weighted by Gasteiger charge is 2.09. The van der Waals surface area contributed by atoms with Crippen LogP contribution in [0.25, 0.3) is 0 Å². The fraction of sp³-hybridized carbons (Fsp3) is 0.0500. The van der Waals surface area contributed by atoms with Crippen LogP contribution in [0.15, 0.2) is 66.9 Å². The summed E-state index contributed by atoms with van der Waals surface area (Å²) in [6.07, 6.45) is 1.66. The summed E-state index contributed by atoms with van der Waals surface area (Å²) in [5.74, 6) is -1.02. The molecule has 0 unspecified atom stereocenters. The van der Waals surface area contributed by atoms with E-state index in [0.717, 1.165) is 5.56 Å². The van der Waals surface area contributed by atoms with Gasteiger partial charge in [-0.1, -0.05) is 24.4 Å². The van der Waals surface area contributed by atoms with Gasteiger partial charge in [-0.05, 0) is 54.1 Å². The second kappa shape index (κ2) is 8.37. The Bertz CT molecular complexity index is 1030. The molecule has 0 aliphatic heterocycles. The van der Waals surface area contributed by atoms with Crippen LogP contribution in [0.2, 0.25) is 0 Å². The summed E-state index contributed by atoms with van der Waals surface area (Å²) in [6, 6.07) is 15.7. The monoisotopic (exact) mass is 381 g/mol. The molecule has 2 aromatic carbocycles. The molecule has 3 N–H and O–H groups in total. The number of anilines is 1. The minimum Gasteiger partial charge on any atom is -0.352 e. The molecule has 0 aliphatic rings. The van der Waals surface area contributed by atoms with E-state index in [1.807, 2.05) is 6.07 Å². The Hall–Kier alpha value is -3.32. The zero-order chi connectivity index (χ0) is 19.2. The third-order valence-corrected chi connectivity index (χ3v) is 4.14. The van der Waals surface area contributed by atoms with E-state index in [1.54, 1.807) is 36.5 Å². The number of rotatable bonds is 5. The van der Waals surface area contributed by atoms with Gasteiger partial charge in [0.25, 0.3) is 11.8 Å². The highest BCUT2D eigenvalue weighted by atomic mass is 32.1. The van der Waals surface area contributed by atoms with Crippen molar-refractivity contribution in [1.82, 2.24) is 10.3 Å². The molecule has 7 heteroatoms. The molecule has 0 fully saturated rings. The number of pyridine rings is 1. The van der Waals surface area contributed by atoms with Crippen molar-refractivity contribution in [2.75, 3.05) is 5.32 Å². The Kier molecular flexibility index (Phi) is 5.73. The van der Waals surface area contributed by atoms with Gasteiger partial charge in [0.1, 0.15) is 10.5 Å². The number of H-pyrrole nitrogens is 1. The largest absolute Gasteiger partial charge is 0.352 e. The van der Waals surface area contributed by atoms with Gasteiger partial charge in [-0.25, -0.2) is 4.39 Å². The van der Waals surface area contributed by atoms with Gasteiger partial charge in [0.15, 0.2) is 0 Å². The lowest BCUT2D eigenvalue weighted by atomic mass is 10.1. The van der Waals surface area contributed by atoms with Crippen LogP contribution in [0.3, 0.4) is 0 Å². The summed E-state index contributed by atoms with van der Waals surface area (Å²) in [7, 11) is 0. The Morgan fingerprint density at radius 3 is 2.52 bits per heavy atom.